The Morgan fingerprint density at radius 2 is 1.87 bits per heavy atom. The minimum Gasteiger partial charge on any atom is -0.480 e. The Balaban J connectivity index is 1.39. The van der Waals surface area contributed by atoms with Gasteiger partial charge in [0.15, 0.2) is 0 Å². The molecule has 4 rings (SSSR count). The number of carbonyl (C=O) groups is 1. The molecule has 0 aromatic rings. The first-order valence-corrected chi connectivity index (χ1v) is 17.3. The quantitative estimate of drug-likeness (QED) is 0.202. The van der Waals surface area contributed by atoms with Gasteiger partial charge in [0, 0.05) is 6.66 Å². The molecule has 3 N–H and O–H groups in total. The molecular weight excluding hydrogens is 497 g/mol. The third kappa shape index (κ3) is 6.14. The monoisotopic (exact) mass is 551 g/mol. The molecular formula is C31H54NO5P. The van der Waals surface area contributed by atoms with Crippen LogP contribution in [-0.2, 0) is 18.4 Å². The highest BCUT2D eigenvalue weighted by Gasteiger charge is 2.59. The van der Waals surface area contributed by atoms with Crippen molar-refractivity contribution in [2.24, 2.45) is 52.1 Å². The molecule has 0 bridgehead atoms. The zero-order chi connectivity index (χ0) is 27.9. The molecule has 0 heterocycles. The topological polar surface area (TPSA) is 98.9 Å². The molecule has 38 heavy (non-hydrogen) atoms. The number of rotatable bonds is 11. The molecule has 10 unspecified atom stereocenters. The Morgan fingerprint density at radius 3 is 2.55 bits per heavy atom. The predicted octanol–water partition coefficient (Wildman–Crippen LogP) is 7.66. The Bertz CT molecular complexity index is 935. The van der Waals surface area contributed by atoms with Crippen LogP contribution in [0.2, 0.25) is 0 Å². The van der Waals surface area contributed by atoms with Gasteiger partial charge in [0.2, 0.25) is 0 Å². The summed E-state index contributed by atoms with van der Waals surface area (Å²) in [6.45, 7) is 13.5. The van der Waals surface area contributed by atoms with Crippen molar-refractivity contribution in [2.45, 2.75) is 117 Å². The summed E-state index contributed by atoms with van der Waals surface area (Å²) in [5.74, 6) is 3.69. The number of aliphatic carboxylic acids is 1. The second-order valence-electron chi connectivity index (χ2n) is 14.3. The van der Waals surface area contributed by atoms with Gasteiger partial charge in [0.1, 0.15) is 6.04 Å². The Morgan fingerprint density at radius 1 is 1.13 bits per heavy atom. The number of allylic oxidation sites excluding steroid dienone is 1. The van der Waals surface area contributed by atoms with Crippen LogP contribution in [0, 0.1) is 46.3 Å². The second kappa shape index (κ2) is 11.7. The van der Waals surface area contributed by atoms with Crippen LogP contribution in [0.4, 0.5) is 0 Å². The van der Waals surface area contributed by atoms with Crippen LogP contribution in [0.15, 0.2) is 11.6 Å². The zero-order valence-corrected chi connectivity index (χ0v) is 25.7. The lowest BCUT2D eigenvalue weighted by molar-refractivity contribution is -0.139. The average Bonchev–Trinajstić information content (AvgIpc) is 3.19. The van der Waals surface area contributed by atoms with Crippen LogP contribution in [0.1, 0.15) is 105 Å². The van der Waals surface area contributed by atoms with Gasteiger partial charge in [0.05, 0.1) is 12.7 Å². The van der Waals surface area contributed by atoms with Crippen molar-refractivity contribution >= 4 is 13.6 Å². The summed E-state index contributed by atoms with van der Waals surface area (Å²) < 4.78 is 24.2. The third-order valence-corrected chi connectivity index (χ3v) is 12.7. The number of hydrogen-bond donors (Lipinski definition) is 2. The lowest BCUT2D eigenvalue weighted by Crippen LogP contribution is -2.51. The van der Waals surface area contributed by atoms with Gasteiger partial charge in [-0.15, -0.1) is 0 Å². The van der Waals surface area contributed by atoms with E-state index in [1.54, 1.807) is 0 Å². The van der Waals surface area contributed by atoms with Crippen molar-refractivity contribution in [2.75, 3.05) is 13.3 Å². The van der Waals surface area contributed by atoms with Gasteiger partial charge >= 0.3 is 13.6 Å². The van der Waals surface area contributed by atoms with Crippen molar-refractivity contribution < 1.29 is 23.5 Å². The summed E-state index contributed by atoms with van der Waals surface area (Å²) in [5.41, 5.74) is 7.69. The molecule has 0 aromatic carbocycles. The maximum absolute atomic E-state index is 12.9. The lowest BCUT2D eigenvalue weighted by atomic mass is 9.47. The molecule has 4 aliphatic rings. The number of carboxylic acids is 1. The van der Waals surface area contributed by atoms with E-state index in [4.69, 9.17) is 19.9 Å². The summed E-state index contributed by atoms with van der Waals surface area (Å²) in [6.07, 6.45) is 15.9. The Hall–Kier alpha value is -0.680. The molecule has 7 heteroatoms. The van der Waals surface area contributed by atoms with Gasteiger partial charge in [-0.2, -0.15) is 0 Å². The fourth-order valence-electron chi connectivity index (χ4n) is 9.33. The highest BCUT2D eigenvalue weighted by Crippen LogP contribution is 2.67. The molecule has 0 amide bonds. The van der Waals surface area contributed by atoms with Crippen LogP contribution in [-0.4, -0.2) is 36.5 Å². The van der Waals surface area contributed by atoms with Crippen LogP contribution < -0.4 is 5.73 Å². The summed E-state index contributed by atoms with van der Waals surface area (Å²) in [5, 5.41) is 8.98. The van der Waals surface area contributed by atoms with Crippen molar-refractivity contribution in [3.63, 3.8) is 0 Å². The first kappa shape index (κ1) is 30.3. The summed E-state index contributed by atoms with van der Waals surface area (Å²) in [6, 6.07) is -1.20. The number of nitrogens with two attached hydrogens (primary N) is 1. The lowest BCUT2D eigenvalue weighted by Gasteiger charge is -2.58. The third-order valence-electron chi connectivity index (χ3n) is 11.4. The molecule has 0 spiro atoms. The van der Waals surface area contributed by atoms with Gasteiger partial charge in [-0.1, -0.05) is 65.5 Å². The fraction of sp³-hybridized carbons (Fsp3) is 0.903. The van der Waals surface area contributed by atoms with Crippen LogP contribution in [0.25, 0.3) is 0 Å². The molecule has 10 atom stereocenters. The van der Waals surface area contributed by atoms with E-state index in [0.29, 0.717) is 5.41 Å². The first-order chi connectivity index (χ1) is 17.8. The van der Waals surface area contributed by atoms with Crippen LogP contribution in [0.3, 0.4) is 0 Å². The Labute approximate surface area is 231 Å². The van der Waals surface area contributed by atoms with E-state index in [-0.39, 0.29) is 18.1 Å². The number of carboxylic acid groups (broad SMARTS) is 1. The highest BCUT2D eigenvalue weighted by molar-refractivity contribution is 7.53. The van der Waals surface area contributed by atoms with E-state index >= 15 is 0 Å². The van der Waals surface area contributed by atoms with Crippen molar-refractivity contribution in [3.05, 3.63) is 11.6 Å². The largest absolute Gasteiger partial charge is 0.480 e. The maximum atomic E-state index is 12.9. The molecule has 4 aliphatic carbocycles. The molecule has 0 aromatic heterocycles. The van der Waals surface area contributed by atoms with Gasteiger partial charge in [0.25, 0.3) is 0 Å². The molecule has 3 fully saturated rings. The van der Waals surface area contributed by atoms with Crippen molar-refractivity contribution in [1.82, 2.24) is 0 Å². The van der Waals surface area contributed by atoms with Gasteiger partial charge in [-0.25, -0.2) is 0 Å². The van der Waals surface area contributed by atoms with E-state index in [2.05, 4.69) is 40.7 Å². The smallest absolute Gasteiger partial charge is 0.327 e. The SMILES string of the molecule is CC(C)CCCC(C)C1CCC2C3CC=C4CC(OP(C)(=O)OCC(N)C(=O)O)CCC4(C)C3CCC12C. The predicted molar refractivity (Wildman–Crippen MR) is 153 cm³/mol. The molecule has 3 saturated carbocycles. The molecule has 6 nitrogen and oxygen atoms in total. The number of hydrogen-bond acceptors (Lipinski definition) is 5. The van der Waals surface area contributed by atoms with Crippen molar-refractivity contribution in [3.8, 4) is 0 Å². The van der Waals surface area contributed by atoms with E-state index in [1.165, 1.54) is 63.6 Å². The highest BCUT2D eigenvalue weighted by atomic mass is 31.2. The van der Waals surface area contributed by atoms with E-state index in [9.17, 15) is 9.36 Å². The van der Waals surface area contributed by atoms with E-state index in [0.717, 1.165) is 54.8 Å². The van der Waals surface area contributed by atoms with Gasteiger partial charge in [-0.05, 0) is 97.7 Å². The van der Waals surface area contributed by atoms with Crippen LogP contribution in [0.5, 0.6) is 0 Å². The van der Waals surface area contributed by atoms with Crippen LogP contribution >= 0.6 is 7.60 Å². The standard InChI is InChI=1S/C31H54NO5P/c1-20(2)8-7-9-21(3)25-12-13-26-24-11-10-22-18-23(37-38(6,35)36-19-28(32)29(33)34)14-16-30(22,4)27(24)15-17-31(25,26)5/h10,20-21,23-28H,7-9,11-19,32H2,1-6H3,(H,33,34). The summed E-state index contributed by atoms with van der Waals surface area (Å²) in [4.78, 5) is 11.0. The normalized spacial score (nSPS) is 39.9. The van der Waals surface area contributed by atoms with E-state index in [1.807, 2.05) is 0 Å². The molecule has 0 saturated heterocycles. The molecule has 218 valence electrons. The Kier molecular flexibility index (Phi) is 9.30. The minimum absolute atomic E-state index is 0.154. The number of fused-ring (bicyclic) bond motifs is 5. The van der Waals surface area contributed by atoms with E-state index < -0.39 is 19.6 Å². The second-order valence-corrected chi connectivity index (χ2v) is 16.3. The van der Waals surface area contributed by atoms with Crippen molar-refractivity contribution in [1.29, 1.82) is 0 Å². The fourth-order valence-corrected chi connectivity index (χ4v) is 10.5. The minimum atomic E-state index is -3.38. The van der Waals surface area contributed by atoms with Gasteiger partial charge < -0.3 is 19.9 Å². The maximum Gasteiger partial charge on any atom is 0.327 e. The molecule has 0 aliphatic heterocycles. The average molecular weight is 552 g/mol. The first-order valence-electron chi connectivity index (χ1n) is 15.3. The zero-order valence-electron chi connectivity index (χ0n) is 24.8. The van der Waals surface area contributed by atoms with Gasteiger partial charge in [-0.3, -0.25) is 9.36 Å². The summed E-state index contributed by atoms with van der Waals surface area (Å²) >= 11 is 0. The summed E-state index contributed by atoms with van der Waals surface area (Å²) in [7, 11) is -3.38. The molecule has 0 radical (unpaired) electrons.